The fraction of sp³-hybridized carbons (Fsp3) is 0. The van der Waals surface area contributed by atoms with Gasteiger partial charge in [-0.15, -0.1) is 0 Å². The summed E-state index contributed by atoms with van der Waals surface area (Å²) >= 11 is 0. The maximum absolute atomic E-state index is 6.62. The molecule has 272 valence electrons. The van der Waals surface area contributed by atoms with Crippen LogP contribution >= 0.6 is 0 Å². The minimum absolute atomic E-state index is 0.831. The van der Waals surface area contributed by atoms with E-state index in [1.165, 1.54) is 20.7 Å². The molecule has 0 unspecified atom stereocenters. The monoisotopic (exact) mass is 756 g/mol. The van der Waals surface area contributed by atoms with Gasteiger partial charge in [0.2, 0.25) is 0 Å². The Morgan fingerprint density at radius 2 is 0.914 bits per heavy atom. The largest absolute Gasteiger partial charge is 0.455 e. The van der Waals surface area contributed by atoms with Crippen LogP contribution in [0.5, 0.6) is 0 Å². The Hall–Kier alpha value is -7.40. The molecule has 0 amide bonds. The highest BCUT2D eigenvalue weighted by molar-refractivity contribution is 7.19. The topological polar surface area (TPSA) is 38.9 Å². The summed E-state index contributed by atoms with van der Waals surface area (Å²) in [6.45, 7) is 0. The Labute approximate surface area is 337 Å². The van der Waals surface area contributed by atoms with Crippen molar-refractivity contribution >= 4 is 72.6 Å². The maximum atomic E-state index is 6.62. The molecule has 58 heavy (non-hydrogen) atoms. The number of hydrogen-bond donors (Lipinski definition) is 0. The Morgan fingerprint density at radius 3 is 1.60 bits per heavy atom. The zero-order chi connectivity index (χ0) is 38.5. The molecule has 8 aromatic carbocycles. The van der Waals surface area contributed by atoms with Crippen molar-refractivity contribution in [1.82, 2.24) is 9.97 Å². The third-order valence-electron chi connectivity index (χ3n) is 11.7. The molecule has 0 atom stereocenters. The van der Waals surface area contributed by atoms with Gasteiger partial charge in [0.1, 0.15) is 11.2 Å². The smallest absolute Gasteiger partial charge is 0.179 e. The number of aromatic nitrogens is 2. The third kappa shape index (κ3) is 5.41. The minimum Gasteiger partial charge on any atom is -0.455 e. The van der Waals surface area contributed by atoms with E-state index in [1.807, 2.05) is 18.3 Å². The summed E-state index contributed by atoms with van der Waals surface area (Å²) in [5.41, 5.74) is 9.72. The number of hydrogen-bond acceptors (Lipinski definition) is 3. The summed E-state index contributed by atoms with van der Waals surface area (Å²) in [7, 11) is -2.80. The highest BCUT2D eigenvalue weighted by atomic mass is 28.3. The van der Waals surface area contributed by atoms with Gasteiger partial charge in [-0.25, -0.2) is 4.98 Å². The number of nitrogens with zero attached hydrogens (tertiary/aromatic N) is 2. The number of pyridine rings is 2. The molecule has 0 saturated heterocycles. The predicted molar refractivity (Wildman–Crippen MR) is 244 cm³/mol. The van der Waals surface area contributed by atoms with Gasteiger partial charge in [-0.2, -0.15) is 0 Å². The number of rotatable bonds is 7. The zero-order valence-corrected chi connectivity index (χ0v) is 32.6. The normalized spacial score (nSPS) is 11.8. The first kappa shape index (κ1) is 33.9. The predicted octanol–water partition coefficient (Wildman–Crippen LogP) is 11.1. The lowest BCUT2D eigenvalue weighted by Gasteiger charge is -2.34. The van der Waals surface area contributed by atoms with Crippen molar-refractivity contribution in [1.29, 1.82) is 0 Å². The van der Waals surface area contributed by atoms with Gasteiger partial charge in [-0.1, -0.05) is 188 Å². The molecule has 11 aromatic rings. The second kappa shape index (κ2) is 14.0. The fourth-order valence-electron chi connectivity index (χ4n) is 9.08. The van der Waals surface area contributed by atoms with Gasteiger partial charge in [0.05, 0.1) is 16.7 Å². The van der Waals surface area contributed by atoms with Gasteiger partial charge in [0.15, 0.2) is 8.07 Å². The van der Waals surface area contributed by atoms with Gasteiger partial charge < -0.3 is 4.42 Å². The molecule has 4 heteroatoms. The van der Waals surface area contributed by atoms with Crippen molar-refractivity contribution in [2.24, 2.45) is 0 Å². The van der Waals surface area contributed by atoms with Crippen LogP contribution in [0.15, 0.2) is 223 Å². The molecule has 0 saturated carbocycles. The van der Waals surface area contributed by atoms with Gasteiger partial charge in [-0.05, 0) is 67.3 Å². The Balaban J connectivity index is 1.22. The Kier molecular flexibility index (Phi) is 8.16. The second-order valence-electron chi connectivity index (χ2n) is 14.8. The quantitative estimate of drug-likeness (QED) is 0.0923. The molecule has 0 aliphatic carbocycles. The van der Waals surface area contributed by atoms with Crippen molar-refractivity contribution in [2.45, 2.75) is 0 Å². The van der Waals surface area contributed by atoms with Crippen molar-refractivity contribution in [3.8, 4) is 33.5 Å². The van der Waals surface area contributed by atoms with Crippen LogP contribution in [0.1, 0.15) is 0 Å². The van der Waals surface area contributed by atoms with E-state index < -0.39 is 8.07 Å². The molecular formula is C54H36N2OSi. The van der Waals surface area contributed by atoms with Gasteiger partial charge >= 0.3 is 0 Å². The highest BCUT2D eigenvalue weighted by Crippen LogP contribution is 2.40. The van der Waals surface area contributed by atoms with Crippen molar-refractivity contribution in [3.63, 3.8) is 0 Å². The van der Waals surface area contributed by atoms with Gasteiger partial charge in [-0.3, -0.25) is 4.98 Å². The first-order valence-corrected chi connectivity index (χ1v) is 21.7. The van der Waals surface area contributed by atoms with Crippen LogP contribution in [0.2, 0.25) is 0 Å². The lowest BCUT2D eigenvalue weighted by molar-refractivity contribution is 0.670. The summed E-state index contributed by atoms with van der Waals surface area (Å²) in [6.07, 6.45) is 1.91. The zero-order valence-electron chi connectivity index (χ0n) is 31.6. The van der Waals surface area contributed by atoms with E-state index >= 15 is 0 Å². The standard InChI is InChI=1S/C54H36N2OSi/c1-5-17-37(18-6-1)43-33-34-55-52-45(43)31-32-46-49(36-50(56-53(46)52)48-29-16-28-47-44-27-13-14-30-51(44)57-54(47)48)38-19-15-26-42(35-38)58(39-20-7-2-8-21-39,40-22-9-3-10-23-40)41-24-11-4-12-25-41/h1-36H. The molecule has 3 nitrogen and oxygen atoms in total. The van der Waals surface area contributed by atoms with E-state index in [4.69, 9.17) is 14.4 Å². The molecule has 0 aliphatic rings. The second-order valence-corrected chi connectivity index (χ2v) is 18.7. The Bertz CT molecular complexity index is 3180. The van der Waals surface area contributed by atoms with Crippen LogP contribution in [0.3, 0.4) is 0 Å². The van der Waals surface area contributed by atoms with Gasteiger partial charge in [0.25, 0.3) is 0 Å². The maximum Gasteiger partial charge on any atom is 0.179 e. The lowest BCUT2D eigenvalue weighted by atomic mass is 9.94. The van der Waals surface area contributed by atoms with Crippen molar-refractivity contribution in [2.75, 3.05) is 0 Å². The molecule has 0 fully saturated rings. The fourth-order valence-corrected chi connectivity index (χ4v) is 13.9. The summed E-state index contributed by atoms with van der Waals surface area (Å²) < 4.78 is 6.62. The van der Waals surface area contributed by atoms with E-state index in [0.29, 0.717) is 0 Å². The number of furan rings is 1. The molecule has 0 bridgehead atoms. The lowest BCUT2D eigenvalue weighted by Crippen LogP contribution is -2.74. The number of benzene rings is 8. The SMILES string of the molecule is c1ccc(-c2ccnc3c2ccc2c(-c4cccc([Si](c5ccccc5)(c5ccccc5)c5ccccc5)c4)cc(-c4cccc5c4oc4ccccc45)nc23)cc1. The third-order valence-corrected chi connectivity index (χ3v) is 16.5. The van der Waals surface area contributed by atoms with E-state index in [0.717, 1.165) is 77.3 Å². The minimum atomic E-state index is -2.80. The van der Waals surface area contributed by atoms with Crippen LogP contribution in [0.4, 0.5) is 0 Å². The molecule has 0 aliphatic heterocycles. The van der Waals surface area contributed by atoms with E-state index in [2.05, 4.69) is 200 Å². The first-order chi connectivity index (χ1) is 28.8. The van der Waals surface area contributed by atoms with Crippen LogP contribution in [0.25, 0.3) is 77.3 Å². The Morgan fingerprint density at radius 1 is 0.362 bits per heavy atom. The molecule has 3 heterocycles. The molecule has 11 rings (SSSR count). The van der Waals surface area contributed by atoms with E-state index in [1.54, 1.807) is 0 Å². The summed E-state index contributed by atoms with van der Waals surface area (Å²) in [5.74, 6) is 0. The molecule has 0 N–H and O–H groups in total. The highest BCUT2D eigenvalue weighted by Gasteiger charge is 2.41. The summed E-state index contributed by atoms with van der Waals surface area (Å²) in [4.78, 5) is 10.6. The van der Waals surface area contributed by atoms with Crippen LogP contribution in [-0.4, -0.2) is 18.0 Å². The first-order valence-electron chi connectivity index (χ1n) is 19.7. The summed E-state index contributed by atoms with van der Waals surface area (Å²) in [6, 6.07) is 76.6. The van der Waals surface area contributed by atoms with Crippen LogP contribution in [-0.2, 0) is 0 Å². The molecule has 3 aromatic heterocycles. The van der Waals surface area contributed by atoms with Crippen molar-refractivity contribution in [3.05, 3.63) is 219 Å². The average molecular weight is 757 g/mol. The van der Waals surface area contributed by atoms with Crippen molar-refractivity contribution < 1.29 is 4.42 Å². The van der Waals surface area contributed by atoms with Crippen LogP contribution in [0, 0.1) is 0 Å². The summed E-state index contributed by atoms with van der Waals surface area (Å²) in [5, 5.41) is 9.61. The number of fused-ring (bicyclic) bond motifs is 6. The van der Waals surface area contributed by atoms with Crippen LogP contribution < -0.4 is 20.7 Å². The molecular weight excluding hydrogens is 721 g/mol. The molecule has 0 spiro atoms. The average Bonchev–Trinajstić information content (AvgIpc) is 3.69. The molecule has 0 radical (unpaired) electrons. The van der Waals surface area contributed by atoms with E-state index in [9.17, 15) is 0 Å². The van der Waals surface area contributed by atoms with E-state index in [-0.39, 0.29) is 0 Å². The van der Waals surface area contributed by atoms with Gasteiger partial charge in [0, 0.05) is 33.3 Å². The number of para-hydroxylation sites is 2.